The molecule has 0 unspecified atom stereocenters. The molecule has 1 N–H and O–H groups in total. The number of H-pyrrole nitrogens is 1. The van der Waals surface area contributed by atoms with Gasteiger partial charge in [-0.1, -0.05) is 65.1 Å². The van der Waals surface area contributed by atoms with E-state index in [0.29, 0.717) is 37.8 Å². The number of aromatic nitrogens is 2. The third-order valence-corrected chi connectivity index (χ3v) is 5.30. The fourth-order valence-corrected chi connectivity index (χ4v) is 3.75. The highest BCUT2D eigenvalue weighted by molar-refractivity contribution is 6.36. The Kier molecular flexibility index (Phi) is 5.96. The van der Waals surface area contributed by atoms with Crippen molar-refractivity contribution in [2.24, 2.45) is 0 Å². The van der Waals surface area contributed by atoms with Crippen LogP contribution < -0.4 is 4.74 Å². The van der Waals surface area contributed by atoms with E-state index >= 15 is 0 Å². The van der Waals surface area contributed by atoms with Crippen molar-refractivity contribution in [3.05, 3.63) is 92.7 Å². The van der Waals surface area contributed by atoms with Gasteiger partial charge in [0.2, 0.25) is 0 Å². The summed E-state index contributed by atoms with van der Waals surface area (Å²) in [5.41, 5.74) is 3.32. The molecule has 30 heavy (non-hydrogen) atoms. The molecule has 1 heterocycles. The van der Waals surface area contributed by atoms with Crippen molar-refractivity contribution in [3.63, 3.8) is 0 Å². The number of halogens is 3. The van der Waals surface area contributed by atoms with Crippen LogP contribution in [0.1, 0.15) is 17.0 Å². The molecular formula is C23H14Cl3N3O. The van der Waals surface area contributed by atoms with E-state index in [1.54, 1.807) is 24.3 Å². The summed E-state index contributed by atoms with van der Waals surface area (Å²) in [4.78, 5) is 7.64. The molecule has 148 valence electrons. The summed E-state index contributed by atoms with van der Waals surface area (Å²) in [5.74, 6) is 0.858. The number of benzene rings is 3. The number of nitrogens with one attached hydrogen (secondary N) is 1. The van der Waals surface area contributed by atoms with E-state index in [9.17, 15) is 5.26 Å². The largest absolute Gasteiger partial charge is 0.487 e. The molecule has 4 nitrogen and oxygen atoms in total. The van der Waals surface area contributed by atoms with Crippen LogP contribution in [0.25, 0.3) is 22.7 Å². The summed E-state index contributed by atoms with van der Waals surface area (Å²) in [6, 6.07) is 20.4. The first-order valence-electron chi connectivity index (χ1n) is 8.97. The van der Waals surface area contributed by atoms with Gasteiger partial charge in [-0.25, -0.2) is 4.98 Å². The van der Waals surface area contributed by atoms with Gasteiger partial charge >= 0.3 is 0 Å². The zero-order valence-corrected chi connectivity index (χ0v) is 17.8. The minimum Gasteiger partial charge on any atom is -0.487 e. The number of para-hydroxylation sites is 2. The smallest absolute Gasteiger partial charge is 0.149 e. The lowest BCUT2D eigenvalue weighted by molar-refractivity contribution is 0.306. The van der Waals surface area contributed by atoms with Gasteiger partial charge in [-0.15, -0.1) is 0 Å². The van der Waals surface area contributed by atoms with Crippen LogP contribution in [0.2, 0.25) is 15.1 Å². The van der Waals surface area contributed by atoms with Gasteiger partial charge in [0, 0.05) is 21.2 Å². The van der Waals surface area contributed by atoms with Gasteiger partial charge in [-0.05, 0) is 36.4 Å². The molecule has 0 bridgehead atoms. The molecular weight excluding hydrogens is 441 g/mol. The van der Waals surface area contributed by atoms with Crippen molar-refractivity contribution in [2.75, 3.05) is 0 Å². The highest BCUT2D eigenvalue weighted by atomic mass is 35.5. The van der Waals surface area contributed by atoms with Crippen molar-refractivity contribution in [1.82, 2.24) is 9.97 Å². The first-order valence-corrected chi connectivity index (χ1v) is 10.1. The van der Waals surface area contributed by atoms with Gasteiger partial charge in [-0.3, -0.25) is 0 Å². The van der Waals surface area contributed by atoms with Crippen LogP contribution in [-0.4, -0.2) is 9.97 Å². The third kappa shape index (κ3) is 4.29. The van der Waals surface area contributed by atoms with Crippen molar-refractivity contribution < 1.29 is 4.74 Å². The second-order valence-corrected chi connectivity index (χ2v) is 7.71. The average Bonchev–Trinajstić information content (AvgIpc) is 3.16. The van der Waals surface area contributed by atoms with E-state index in [2.05, 4.69) is 16.0 Å². The third-order valence-electron chi connectivity index (χ3n) is 4.43. The van der Waals surface area contributed by atoms with Gasteiger partial charge < -0.3 is 9.72 Å². The highest BCUT2D eigenvalue weighted by Gasteiger charge is 2.14. The Morgan fingerprint density at radius 3 is 2.57 bits per heavy atom. The van der Waals surface area contributed by atoms with Crippen LogP contribution >= 0.6 is 34.8 Å². The summed E-state index contributed by atoms with van der Waals surface area (Å²) >= 11 is 18.8. The minimum atomic E-state index is 0.217. The predicted octanol–water partition coefficient (Wildman–Crippen LogP) is 7.17. The lowest BCUT2D eigenvalue weighted by atomic mass is 10.1. The molecule has 0 radical (unpaired) electrons. The lowest BCUT2D eigenvalue weighted by Crippen LogP contribution is -1.99. The first kappa shape index (κ1) is 20.3. The fourth-order valence-electron chi connectivity index (χ4n) is 2.99. The SMILES string of the molecule is N#C/C(=C\c1cc(Cl)cc(Cl)c1OCc1ccccc1Cl)c1nc2ccccc2[nH]1. The molecule has 4 aromatic rings. The van der Waals surface area contributed by atoms with Gasteiger partial charge in [0.25, 0.3) is 0 Å². The monoisotopic (exact) mass is 453 g/mol. The number of imidazole rings is 1. The Morgan fingerprint density at radius 2 is 1.80 bits per heavy atom. The molecule has 0 aliphatic heterocycles. The Bertz CT molecular complexity index is 1270. The number of rotatable bonds is 5. The van der Waals surface area contributed by atoms with Crippen molar-refractivity contribution in [1.29, 1.82) is 5.26 Å². The van der Waals surface area contributed by atoms with Gasteiger partial charge in [0.05, 0.1) is 21.6 Å². The van der Waals surface area contributed by atoms with Crippen LogP contribution in [0.15, 0.2) is 60.7 Å². The summed E-state index contributed by atoms with van der Waals surface area (Å²) in [6.45, 7) is 0.217. The van der Waals surface area contributed by atoms with Crippen LogP contribution in [0.5, 0.6) is 5.75 Å². The first-order chi connectivity index (χ1) is 14.5. The number of nitrogens with zero attached hydrogens (tertiary/aromatic N) is 2. The molecule has 0 atom stereocenters. The van der Waals surface area contributed by atoms with Gasteiger partial charge in [0.15, 0.2) is 0 Å². The maximum atomic E-state index is 9.74. The molecule has 0 spiro atoms. The van der Waals surface area contributed by atoms with E-state index < -0.39 is 0 Å². The van der Waals surface area contributed by atoms with E-state index in [1.165, 1.54) is 0 Å². The molecule has 0 saturated carbocycles. The second-order valence-electron chi connectivity index (χ2n) is 6.46. The quantitative estimate of drug-likeness (QED) is 0.325. The van der Waals surface area contributed by atoms with Gasteiger partial charge in [-0.2, -0.15) is 5.26 Å². The molecule has 3 aromatic carbocycles. The van der Waals surface area contributed by atoms with E-state index in [1.807, 2.05) is 42.5 Å². The molecule has 7 heteroatoms. The van der Waals surface area contributed by atoms with Gasteiger partial charge in [0.1, 0.15) is 24.3 Å². The van der Waals surface area contributed by atoms with Crippen LogP contribution in [-0.2, 0) is 6.61 Å². The Balaban J connectivity index is 1.73. The molecule has 1 aromatic heterocycles. The standard InChI is InChI=1S/C23H14Cl3N3O/c24-17-10-15(9-16(12-27)23-28-20-7-3-4-8-21(20)29-23)22(19(26)11-17)30-13-14-5-1-2-6-18(14)25/h1-11H,13H2,(H,28,29)/b16-9+. The topological polar surface area (TPSA) is 61.7 Å². The maximum Gasteiger partial charge on any atom is 0.149 e. The zero-order valence-electron chi connectivity index (χ0n) is 15.5. The highest BCUT2D eigenvalue weighted by Crippen LogP contribution is 2.35. The van der Waals surface area contributed by atoms with Crippen LogP contribution in [0.3, 0.4) is 0 Å². The Hall–Kier alpha value is -2.97. The summed E-state index contributed by atoms with van der Waals surface area (Å²) in [6.07, 6.45) is 1.65. The molecule has 0 aliphatic rings. The normalized spacial score (nSPS) is 11.5. The van der Waals surface area contributed by atoms with Crippen LogP contribution in [0, 0.1) is 11.3 Å². The second kappa shape index (κ2) is 8.81. The molecule has 0 saturated heterocycles. The number of nitriles is 1. The van der Waals surface area contributed by atoms with E-state index in [-0.39, 0.29) is 6.61 Å². The number of fused-ring (bicyclic) bond motifs is 1. The van der Waals surface area contributed by atoms with Crippen molar-refractivity contribution in [2.45, 2.75) is 6.61 Å². The maximum absolute atomic E-state index is 9.74. The predicted molar refractivity (Wildman–Crippen MR) is 122 cm³/mol. The number of aromatic amines is 1. The number of allylic oxidation sites excluding steroid dienone is 1. The average molecular weight is 455 g/mol. The lowest BCUT2D eigenvalue weighted by Gasteiger charge is -2.13. The fraction of sp³-hybridized carbons (Fsp3) is 0.0435. The summed E-state index contributed by atoms with van der Waals surface area (Å²) in [7, 11) is 0. The number of hydrogen-bond donors (Lipinski definition) is 1. The molecule has 0 fully saturated rings. The summed E-state index contributed by atoms with van der Waals surface area (Å²) in [5, 5.41) is 11.1. The van der Waals surface area contributed by atoms with E-state index in [0.717, 1.165) is 16.6 Å². The van der Waals surface area contributed by atoms with Crippen molar-refractivity contribution >= 4 is 57.5 Å². The summed E-state index contributed by atoms with van der Waals surface area (Å²) < 4.78 is 5.97. The molecule has 0 amide bonds. The zero-order chi connectivity index (χ0) is 21.1. The molecule has 0 aliphatic carbocycles. The minimum absolute atomic E-state index is 0.217. The Labute approximate surface area is 188 Å². The van der Waals surface area contributed by atoms with E-state index in [4.69, 9.17) is 39.5 Å². The van der Waals surface area contributed by atoms with Crippen molar-refractivity contribution in [3.8, 4) is 11.8 Å². The Morgan fingerprint density at radius 1 is 1.03 bits per heavy atom. The number of ether oxygens (including phenoxy) is 1. The van der Waals surface area contributed by atoms with Crippen LogP contribution in [0.4, 0.5) is 0 Å². The molecule has 4 rings (SSSR count). The number of hydrogen-bond acceptors (Lipinski definition) is 3.